The second-order valence-electron chi connectivity index (χ2n) is 8.67. The molecule has 0 unspecified atom stereocenters. The minimum atomic E-state index is -0.0749. The van der Waals surface area contributed by atoms with Crippen molar-refractivity contribution in [2.24, 2.45) is 0 Å². The third-order valence-corrected chi connectivity index (χ3v) is 6.36. The van der Waals surface area contributed by atoms with Gasteiger partial charge in [-0.25, -0.2) is 0 Å². The lowest BCUT2D eigenvalue weighted by Gasteiger charge is -2.35. The van der Waals surface area contributed by atoms with Gasteiger partial charge < -0.3 is 15.5 Å². The Kier molecular flexibility index (Phi) is 7.08. The van der Waals surface area contributed by atoms with Crippen molar-refractivity contribution < 1.29 is 9.59 Å². The van der Waals surface area contributed by atoms with E-state index in [0.29, 0.717) is 5.56 Å². The molecule has 0 aliphatic carbocycles. The standard InChI is InChI=1S/C28H31N3O2/c1-20-10-6-7-13-24(20)27(32)30-23-16-18-31(19-17-23)26-15-9-8-14-25(26)28(33)29-21(2)22-11-4-3-5-12-22/h3-15,21,23H,16-19H2,1-2H3,(H,29,33)(H,30,32)/t21-/m0/s1. The number of hydrogen-bond acceptors (Lipinski definition) is 3. The summed E-state index contributed by atoms with van der Waals surface area (Å²) >= 11 is 0. The number of anilines is 1. The summed E-state index contributed by atoms with van der Waals surface area (Å²) in [6.07, 6.45) is 1.68. The van der Waals surface area contributed by atoms with E-state index in [4.69, 9.17) is 0 Å². The van der Waals surface area contributed by atoms with Gasteiger partial charge in [0, 0.05) is 30.4 Å². The van der Waals surface area contributed by atoms with Crippen molar-refractivity contribution in [3.05, 3.63) is 101 Å². The van der Waals surface area contributed by atoms with E-state index in [2.05, 4.69) is 15.5 Å². The molecule has 0 aromatic heterocycles. The number of piperidine rings is 1. The third-order valence-electron chi connectivity index (χ3n) is 6.36. The molecule has 3 aromatic rings. The van der Waals surface area contributed by atoms with Gasteiger partial charge in [0.25, 0.3) is 11.8 Å². The second-order valence-corrected chi connectivity index (χ2v) is 8.67. The maximum Gasteiger partial charge on any atom is 0.253 e. The third kappa shape index (κ3) is 5.43. The Morgan fingerprint density at radius 2 is 1.42 bits per heavy atom. The number of aryl methyl sites for hydroxylation is 1. The lowest BCUT2D eigenvalue weighted by atomic mass is 10.0. The van der Waals surface area contributed by atoms with Gasteiger partial charge in [-0.1, -0.05) is 60.7 Å². The van der Waals surface area contributed by atoms with Crippen LogP contribution in [0.2, 0.25) is 0 Å². The number of nitrogens with zero attached hydrogens (tertiary/aromatic N) is 1. The van der Waals surface area contributed by atoms with E-state index in [0.717, 1.165) is 48.3 Å². The van der Waals surface area contributed by atoms with Gasteiger partial charge in [0.15, 0.2) is 0 Å². The van der Waals surface area contributed by atoms with Crippen LogP contribution in [0, 0.1) is 6.92 Å². The number of carbonyl (C=O) groups excluding carboxylic acids is 2. The molecular weight excluding hydrogens is 410 g/mol. The fourth-order valence-electron chi connectivity index (χ4n) is 4.40. The molecule has 170 valence electrons. The zero-order valence-corrected chi connectivity index (χ0v) is 19.3. The van der Waals surface area contributed by atoms with Crippen LogP contribution in [0.3, 0.4) is 0 Å². The SMILES string of the molecule is Cc1ccccc1C(=O)NC1CCN(c2ccccc2C(=O)N[C@@H](C)c2ccccc2)CC1. The monoisotopic (exact) mass is 441 g/mol. The summed E-state index contributed by atoms with van der Waals surface area (Å²) in [6.45, 7) is 5.53. The molecule has 1 atom stereocenters. The van der Waals surface area contributed by atoms with Crippen LogP contribution in [0.4, 0.5) is 5.69 Å². The summed E-state index contributed by atoms with van der Waals surface area (Å²) in [5, 5.41) is 6.31. The predicted molar refractivity (Wildman–Crippen MR) is 133 cm³/mol. The summed E-state index contributed by atoms with van der Waals surface area (Å²) < 4.78 is 0. The Bertz CT molecular complexity index is 1100. The zero-order valence-electron chi connectivity index (χ0n) is 19.3. The minimum Gasteiger partial charge on any atom is -0.371 e. The molecule has 5 heteroatoms. The molecular formula is C28H31N3O2. The summed E-state index contributed by atoms with van der Waals surface area (Å²) in [5.74, 6) is -0.0850. The van der Waals surface area contributed by atoms with Gasteiger partial charge in [0.2, 0.25) is 0 Å². The summed E-state index contributed by atoms with van der Waals surface area (Å²) in [7, 11) is 0. The molecule has 0 radical (unpaired) electrons. The Labute approximate surface area is 195 Å². The van der Waals surface area contributed by atoms with Crippen molar-refractivity contribution in [1.82, 2.24) is 10.6 Å². The largest absolute Gasteiger partial charge is 0.371 e. The summed E-state index contributed by atoms with van der Waals surface area (Å²) in [4.78, 5) is 28.0. The van der Waals surface area contributed by atoms with Crippen LogP contribution in [0.15, 0.2) is 78.9 Å². The molecule has 0 bridgehead atoms. The average molecular weight is 442 g/mol. The lowest BCUT2D eigenvalue weighted by molar-refractivity contribution is 0.0927. The lowest BCUT2D eigenvalue weighted by Crippen LogP contribution is -2.45. The van der Waals surface area contributed by atoms with E-state index < -0.39 is 0 Å². The van der Waals surface area contributed by atoms with E-state index in [1.807, 2.05) is 92.7 Å². The first-order chi connectivity index (χ1) is 16.0. The molecule has 1 aliphatic rings. The number of benzene rings is 3. The van der Waals surface area contributed by atoms with Crippen molar-refractivity contribution in [2.75, 3.05) is 18.0 Å². The van der Waals surface area contributed by atoms with Gasteiger partial charge in [-0.2, -0.15) is 0 Å². The molecule has 33 heavy (non-hydrogen) atoms. The molecule has 5 nitrogen and oxygen atoms in total. The molecule has 1 aliphatic heterocycles. The van der Waals surface area contributed by atoms with Crippen LogP contribution in [0.25, 0.3) is 0 Å². The molecule has 1 saturated heterocycles. The number of para-hydroxylation sites is 1. The molecule has 2 N–H and O–H groups in total. The highest BCUT2D eigenvalue weighted by Gasteiger charge is 2.25. The van der Waals surface area contributed by atoms with Gasteiger partial charge in [0.05, 0.1) is 11.6 Å². The Morgan fingerprint density at radius 3 is 2.12 bits per heavy atom. The maximum absolute atomic E-state index is 13.1. The van der Waals surface area contributed by atoms with E-state index in [-0.39, 0.29) is 23.9 Å². The van der Waals surface area contributed by atoms with Crippen LogP contribution in [0.1, 0.15) is 57.7 Å². The van der Waals surface area contributed by atoms with E-state index in [1.165, 1.54) is 0 Å². The van der Waals surface area contributed by atoms with Crippen molar-refractivity contribution in [1.29, 1.82) is 0 Å². The predicted octanol–water partition coefficient (Wildman–Crippen LogP) is 4.88. The number of hydrogen-bond donors (Lipinski definition) is 2. The van der Waals surface area contributed by atoms with Crippen molar-refractivity contribution >= 4 is 17.5 Å². The molecule has 4 rings (SSSR count). The van der Waals surface area contributed by atoms with Crippen molar-refractivity contribution in [2.45, 2.75) is 38.8 Å². The van der Waals surface area contributed by atoms with Crippen molar-refractivity contribution in [3.63, 3.8) is 0 Å². The van der Waals surface area contributed by atoms with Gasteiger partial charge in [-0.3, -0.25) is 9.59 Å². The molecule has 3 aromatic carbocycles. The highest BCUT2D eigenvalue weighted by Crippen LogP contribution is 2.25. The normalized spacial score (nSPS) is 15.0. The van der Waals surface area contributed by atoms with Gasteiger partial charge in [-0.15, -0.1) is 0 Å². The fourth-order valence-corrected chi connectivity index (χ4v) is 4.40. The van der Waals surface area contributed by atoms with Crippen molar-refractivity contribution in [3.8, 4) is 0 Å². The number of carbonyl (C=O) groups is 2. The fraction of sp³-hybridized carbons (Fsp3) is 0.286. The van der Waals surface area contributed by atoms with E-state index in [1.54, 1.807) is 0 Å². The highest BCUT2D eigenvalue weighted by molar-refractivity contribution is 6.00. The Hall–Kier alpha value is -3.60. The Balaban J connectivity index is 1.38. The maximum atomic E-state index is 13.1. The molecule has 0 spiro atoms. The van der Waals surface area contributed by atoms with Gasteiger partial charge in [0.1, 0.15) is 0 Å². The van der Waals surface area contributed by atoms with Crippen LogP contribution >= 0.6 is 0 Å². The van der Waals surface area contributed by atoms with E-state index >= 15 is 0 Å². The molecule has 2 amide bonds. The smallest absolute Gasteiger partial charge is 0.253 e. The number of nitrogens with one attached hydrogen (secondary N) is 2. The van der Waals surface area contributed by atoms with Crippen LogP contribution in [-0.2, 0) is 0 Å². The second kappa shape index (κ2) is 10.3. The Morgan fingerprint density at radius 1 is 0.818 bits per heavy atom. The van der Waals surface area contributed by atoms with Gasteiger partial charge in [-0.05, 0) is 56.0 Å². The molecule has 1 fully saturated rings. The van der Waals surface area contributed by atoms with E-state index in [9.17, 15) is 9.59 Å². The van der Waals surface area contributed by atoms with Crippen LogP contribution < -0.4 is 15.5 Å². The topological polar surface area (TPSA) is 61.4 Å². The number of amides is 2. The molecule has 1 heterocycles. The molecule has 0 saturated carbocycles. The highest BCUT2D eigenvalue weighted by atomic mass is 16.2. The number of rotatable bonds is 6. The van der Waals surface area contributed by atoms with Crippen LogP contribution in [0.5, 0.6) is 0 Å². The average Bonchev–Trinajstić information content (AvgIpc) is 2.85. The zero-order chi connectivity index (χ0) is 23.2. The van der Waals surface area contributed by atoms with Gasteiger partial charge >= 0.3 is 0 Å². The first-order valence-electron chi connectivity index (χ1n) is 11.6. The van der Waals surface area contributed by atoms with Crippen LogP contribution in [-0.4, -0.2) is 30.9 Å². The first kappa shape index (κ1) is 22.6. The minimum absolute atomic E-state index is 0.0128. The quantitative estimate of drug-likeness (QED) is 0.573. The summed E-state index contributed by atoms with van der Waals surface area (Å²) in [6, 6.07) is 25.5. The first-order valence-corrected chi connectivity index (χ1v) is 11.6. The summed E-state index contributed by atoms with van der Waals surface area (Å²) in [5.41, 5.74) is 4.42.